The average Bonchev–Trinajstić information content (AvgIpc) is 3.54. The van der Waals surface area contributed by atoms with E-state index in [2.05, 4.69) is 25.8 Å². The lowest BCUT2D eigenvalue weighted by molar-refractivity contribution is -0.117. The monoisotopic (exact) mass is 405 g/mol. The molecule has 1 saturated carbocycles. The van der Waals surface area contributed by atoms with E-state index in [1.54, 1.807) is 12.4 Å². The lowest BCUT2D eigenvalue weighted by Gasteiger charge is -2.22. The first-order valence-corrected chi connectivity index (χ1v) is 10.3. The Morgan fingerprint density at radius 3 is 2.67 bits per heavy atom. The first-order valence-electron chi connectivity index (χ1n) is 10.3. The van der Waals surface area contributed by atoms with Gasteiger partial charge in [0.15, 0.2) is 5.69 Å². The zero-order valence-corrected chi connectivity index (χ0v) is 16.5. The van der Waals surface area contributed by atoms with Crippen LogP contribution in [0.3, 0.4) is 0 Å². The topological polar surface area (TPSA) is 109 Å². The maximum atomic E-state index is 12.8. The maximum Gasteiger partial charge on any atom is 0.272 e. The number of H-pyrrole nitrogens is 1. The molecule has 2 aromatic heterocycles. The van der Waals surface area contributed by atoms with Gasteiger partial charge in [-0.3, -0.25) is 19.7 Å². The van der Waals surface area contributed by atoms with Crippen LogP contribution in [0.4, 0.5) is 5.69 Å². The number of rotatable bonds is 5. The van der Waals surface area contributed by atoms with E-state index in [4.69, 9.17) is 4.74 Å². The molecule has 0 unspecified atom stereocenters. The van der Waals surface area contributed by atoms with Gasteiger partial charge in [-0.1, -0.05) is 6.07 Å². The van der Waals surface area contributed by atoms with Gasteiger partial charge in [0.05, 0.1) is 17.4 Å². The summed E-state index contributed by atoms with van der Waals surface area (Å²) in [6.07, 6.45) is 6.92. The number of ether oxygens (including phenoxy) is 1. The van der Waals surface area contributed by atoms with Crippen LogP contribution < -0.4 is 10.6 Å². The molecule has 1 aromatic carbocycles. The molecule has 1 aliphatic heterocycles. The maximum absolute atomic E-state index is 12.8. The van der Waals surface area contributed by atoms with Crippen molar-refractivity contribution in [1.29, 1.82) is 0 Å². The van der Waals surface area contributed by atoms with Crippen molar-refractivity contribution in [3.8, 4) is 11.1 Å². The number of hydrogen-bond donors (Lipinski definition) is 3. The number of carbonyl (C=O) groups excluding carboxylic acids is 2. The first-order chi connectivity index (χ1) is 14.7. The fourth-order valence-corrected chi connectivity index (χ4v) is 3.72. The quantitative estimate of drug-likeness (QED) is 0.605. The molecule has 2 fully saturated rings. The second kappa shape index (κ2) is 7.87. The summed E-state index contributed by atoms with van der Waals surface area (Å²) in [5.74, 6) is -0.00656. The normalized spacial score (nSPS) is 17.1. The number of amides is 2. The fourth-order valence-electron chi connectivity index (χ4n) is 3.72. The number of anilines is 1. The van der Waals surface area contributed by atoms with Crippen molar-refractivity contribution in [2.75, 3.05) is 18.5 Å². The molecule has 0 radical (unpaired) electrons. The van der Waals surface area contributed by atoms with Crippen molar-refractivity contribution < 1.29 is 14.3 Å². The third-order valence-electron chi connectivity index (χ3n) is 5.62. The van der Waals surface area contributed by atoms with Crippen LogP contribution in [-0.4, -0.2) is 46.3 Å². The molecule has 2 amide bonds. The smallest absolute Gasteiger partial charge is 0.272 e. The number of nitrogens with zero attached hydrogens (tertiary/aromatic N) is 2. The Labute approximate surface area is 173 Å². The van der Waals surface area contributed by atoms with Crippen LogP contribution in [0, 0.1) is 5.92 Å². The second-order valence-corrected chi connectivity index (χ2v) is 7.92. The number of benzene rings is 1. The van der Waals surface area contributed by atoms with Crippen molar-refractivity contribution in [1.82, 2.24) is 20.5 Å². The molecule has 5 rings (SSSR count). The fraction of sp³-hybridized carbons (Fsp3) is 0.364. The first kappa shape index (κ1) is 18.7. The van der Waals surface area contributed by atoms with E-state index in [9.17, 15) is 9.59 Å². The van der Waals surface area contributed by atoms with Gasteiger partial charge in [0.1, 0.15) is 0 Å². The molecule has 2 aliphatic rings. The van der Waals surface area contributed by atoms with Gasteiger partial charge in [-0.15, -0.1) is 0 Å². The van der Waals surface area contributed by atoms with Gasteiger partial charge in [-0.2, -0.15) is 5.10 Å². The summed E-state index contributed by atoms with van der Waals surface area (Å²) >= 11 is 0. The van der Waals surface area contributed by atoms with E-state index in [1.807, 2.05) is 24.3 Å². The Bertz CT molecular complexity index is 1100. The van der Waals surface area contributed by atoms with Gasteiger partial charge >= 0.3 is 0 Å². The summed E-state index contributed by atoms with van der Waals surface area (Å²) in [5.41, 5.74) is 3.61. The molecule has 3 N–H and O–H groups in total. The molecule has 0 spiro atoms. The van der Waals surface area contributed by atoms with Gasteiger partial charge in [-0.05, 0) is 49.4 Å². The lowest BCUT2D eigenvalue weighted by atomic mass is 10.0. The molecule has 1 saturated heterocycles. The molecule has 8 heteroatoms. The summed E-state index contributed by atoms with van der Waals surface area (Å²) in [4.78, 5) is 29.1. The van der Waals surface area contributed by atoms with Crippen LogP contribution in [0.15, 0.2) is 36.7 Å². The Balaban J connectivity index is 1.40. The number of carbonyl (C=O) groups is 2. The number of hydrogen-bond acceptors (Lipinski definition) is 5. The zero-order chi connectivity index (χ0) is 20.5. The highest BCUT2D eigenvalue weighted by Crippen LogP contribution is 2.31. The van der Waals surface area contributed by atoms with E-state index in [1.165, 1.54) is 0 Å². The van der Waals surface area contributed by atoms with E-state index in [0.29, 0.717) is 24.6 Å². The average molecular weight is 405 g/mol. The van der Waals surface area contributed by atoms with E-state index >= 15 is 0 Å². The van der Waals surface area contributed by atoms with Gasteiger partial charge in [0.25, 0.3) is 5.91 Å². The van der Waals surface area contributed by atoms with Crippen LogP contribution in [0.2, 0.25) is 0 Å². The largest absolute Gasteiger partial charge is 0.381 e. The predicted molar refractivity (Wildman–Crippen MR) is 112 cm³/mol. The number of aromatic nitrogens is 3. The Morgan fingerprint density at radius 2 is 1.87 bits per heavy atom. The van der Waals surface area contributed by atoms with Crippen molar-refractivity contribution >= 4 is 28.4 Å². The van der Waals surface area contributed by atoms with Crippen LogP contribution in [-0.2, 0) is 9.53 Å². The predicted octanol–water partition coefficient (Wildman–Crippen LogP) is 2.88. The van der Waals surface area contributed by atoms with Crippen LogP contribution in [0.5, 0.6) is 0 Å². The molecule has 154 valence electrons. The molecule has 3 heterocycles. The van der Waals surface area contributed by atoms with Crippen LogP contribution >= 0.6 is 0 Å². The zero-order valence-electron chi connectivity index (χ0n) is 16.5. The molecule has 1 aliphatic carbocycles. The molecule has 8 nitrogen and oxygen atoms in total. The Hall–Kier alpha value is -3.26. The molecule has 30 heavy (non-hydrogen) atoms. The molecule has 3 aromatic rings. The van der Waals surface area contributed by atoms with Crippen molar-refractivity contribution in [3.63, 3.8) is 0 Å². The van der Waals surface area contributed by atoms with Crippen molar-refractivity contribution in [2.24, 2.45) is 5.92 Å². The summed E-state index contributed by atoms with van der Waals surface area (Å²) in [7, 11) is 0. The third kappa shape index (κ3) is 3.91. The summed E-state index contributed by atoms with van der Waals surface area (Å²) in [6.45, 7) is 1.33. The molecule has 0 bridgehead atoms. The Kier molecular flexibility index (Phi) is 4.92. The molecular formula is C22H23N5O3. The van der Waals surface area contributed by atoms with Crippen LogP contribution in [0.1, 0.15) is 36.2 Å². The minimum atomic E-state index is -0.186. The number of aromatic amines is 1. The third-order valence-corrected chi connectivity index (χ3v) is 5.62. The van der Waals surface area contributed by atoms with Crippen molar-refractivity contribution in [2.45, 2.75) is 31.7 Å². The van der Waals surface area contributed by atoms with Gasteiger partial charge < -0.3 is 15.4 Å². The number of nitrogens with one attached hydrogen (secondary N) is 3. The van der Waals surface area contributed by atoms with E-state index in [0.717, 1.165) is 47.7 Å². The second-order valence-electron chi connectivity index (χ2n) is 7.92. The summed E-state index contributed by atoms with van der Waals surface area (Å²) < 4.78 is 5.35. The minimum Gasteiger partial charge on any atom is -0.381 e. The highest BCUT2D eigenvalue weighted by Gasteiger charge is 2.29. The standard InChI is InChI=1S/C22H23N5O3/c28-21(13-1-2-13)25-17-9-15(11-23-12-17)14-3-4-19-18(10-14)20(27-26-19)22(29)24-16-5-7-30-8-6-16/h3-4,9-13,16H,1-2,5-8H2,(H,24,29)(H,25,28)(H,26,27). The van der Waals surface area contributed by atoms with Gasteiger partial charge in [-0.25, -0.2) is 0 Å². The van der Waals surface area contributed by atoms with Crippen molar-refractivity contribution in [3.05, 3.63) is 42.4 Å². The van der Waals surface area contributed by atoms with Crippen LogP contribution in [0.25, 0.3) is 22.0 Å². The minimum absolute atomic E-state index is 0.0475. The number of pyridine rings is 1. The summed E-state index contributed by atoms with van der Waals surface area (Å²) in [5, 5.41) is 13.9. The number of fused-ring (bicyclic) bond motifs is 1. The highest BCUT2D eigenvalue weighted by atomic mass is 16.5. The highest BCUT2D eigenvalue weighted by molar-refractivity contribution is 6.05. The SMILES string of the molecule is O=C(NC1CCOCC1)c1n[nH]c2ccc(-c3cncc(NC(=O)C4CC4)c3)cc12. The molecule has 0 atom stereocenters. The van der Waals surface area contributed by atoms with Gasteiger partial charge in [0, 0.05) is 42.3 Å². The Morgan fingerprint density at radius 1 is 1.03 bits per heavy atom. The van der Waals surface area contributed by atoms with E-state index < -0.39 is 0 Å². The molecular weight excluding hydrogens is 382 g/mol. The van der Waals surface area contributed by atoms with Gasteiger partial charge in [0.2, 0.25) is 5.91 Å². The lowest BCUT2D eigenvalue weighted by Crippen LogP contribution is -2.39. The van der Waals surface area contributed by atoms with E-state index in [-0.39, 0.29) is 23.8 Å². The summed E-state index contributed by atoms with van der Waals surface area (Å²) in [6, 6.07) is 7.79.